The van der Waals surface area contributed by atoms with E-state index in [1.165, 1.54) is 6.21 Å². The van der Waals surface area contributed by atoms with Gasteiger partial charge >= 0.3 is 0 Å². The van der Waals surface area contributed by atoms with Gasteiger partial charge in [-0.15, -0.1) is 0 Å². The number of rotatable bonds is 4. The lowest BCUT2D eigenvalue weighted by Crippen LogP contribution is -1.99. The molecule has 18 heavy (non-hydrogen) atoms. The molecule has 0 saturated carbocycles. The predicted octanol–water partition coefficient (Wildman–Crippen LogP) is 1.98. The number of alkyl halides is 2. The van der Waals surface area contributed by atoms with Gasteiger partial charge in [-0.25, -0.2) is 13.9 Å². The van der Waals surface area contributed by atoms with Crippen LogP contribution in [0.1, 0.15) is 24.7 Å². The molecule has 1 N–H and O–H groups in total. The van der Waals surface area contributed by atoms with Crippen molar-refractivity contribution in [3.8, 4) is 0 Å². The highest BCUT2D eigenvalue weighted by atomic mass is 32.1. The summed E-state index contributed by atoms with van der Waals surface area (Å²) in [6, 6.07) is 0. The Morgan fingerprint density at radius 3 is 3.00 bits per heavy atom. The van der Waals surface area contributed by atoms with E-state index in [0.717, 1.165) is 11.2 Å². The molecule has 0 unspecified atom stereocenters. The van der Waals surface area contributed by atoms with E-state index in [2.05, 4.69) is 20.4 Å². The van der Waals surface area contributed by atoms with Gasteiger partial charge in [-0.05, 0) is 19.1 Å². The molecule has 0 atom stereocenters. The van der Waals surface area contributed by atoms with Gasteiger partial charge in [0.2, 0.25) is 10.6 Å². The number of aromatic amines is 1. The summed E-state index contributed by atoms with van der Waals surface area (Å²) in [6.07, 6.45) is 1.98. The summed E-state index contributed by atoms with van der Waals surface area (Å²) in [5, 5.41) is 13.6. The normalized spacial score (nSPS) is 11.8. The number of hydrogen-bond donors (Lipinski definition) is 1. The first-order chi connectivity index (χ1) is 8.61. The summed E-state index contributed by atoms with van der Waals surface area (Å²) in [7, 11) is 0. The summed E-state index contributed by atoms with van der Waals surface area (Å²) in [5.74, 6) is -0.515. The van der Waals surface area contributed by atoms with Crippen LogP contribution in [0.25, 0.3) is 0 Å². The molecular weight excluding hydrogens is 262 g/mol. The Kier molecular flexibility index (Phi) is 3.60. The van der Waals surface area contributed by atoms with Crippen molar-refractivity contribution in [2.24, 2.45) is 5.10 Å². The fourth-order valence-electron chi connectivity index (χ4n) is 1.30. The molecule has 0 aliphatic carbocycles. The number of aromatic nitrogens is 5. The Hall–Kier alpha value is -1.90. The topological polar surface area (TPSA) is 63.8 Å². The minimum absolute atomic E-state index is 0.0180. The van der Waals surface area contributed by atoms with Crippen molar-refractivity contribution in [2.45, 2.75) is 19.9 Å². The van der Waals surface area contributed by atoms with Crippen molar-refractivity contribution < 1.29 is 8.78 Å². The standard InChI is InChI=1S/C9H10F2N6S/c1-2-16-5-6(3-12-16)4-13-17-8(7(10)11)14-15-9(17)18/h3-5,7H,2H2,1H3,(H,15,18). The lowest BCUT2D eigenvalue weighted by atomic mass is 10.4. The minimum atomic E-state index is -2.74. The third kappa shape index (κ3) is 2.50. The van der Waals surface area contributed by atoms with Gasteiger partial charge in [0.05, 0.1) is 12.4 Å². The van der Waals surface area contributed by atoms with Crippen LogP contribution in [0.2, 0.25) is 0 Å². The summed E-state index contributed by atoms with van der Waals surface area (Å²) < 4.78 is 27.8. The molecule has 2 aromatic rings. The van der Waals surface area contributed by atoms with Crippen LogP contribution in [0.5, 0.6) is 0 Å². The largest absolute Gasteiger partial charge is 0.299 e. The number of aryl methyl sites for hydroxylation is 1. The maximum atomic E-state index is 12.6. The van der Waals surface area contributed by atoms with E-state index in [0.29, 0.717) is 5.56 Å². The van der Waals surface area contributed by atoms with E-state index in [9.17, 15) is 8.78 Å². The van der Waals surface area contributed by atoms with E-state index in [4.69, 9.17) is 12.2 Å². The van der Waals surface area contributed by atoms with E-state index in [1.807, 2.05) is 6.92 Å². The maximum absolute atomic E-state index is 12.6. The fourth-order valence-corrected chi connectivity index (χ4v) is 1.49. The number of hydrogen-bond acceptors (Lipinski definition) is 4. The summed E-state index contributed by atoms with van der Waals surface area (Å²) in [6.45, 7) is 2.66. The van der Waals surface area contributed by atoms with Crippen LogP contribution >= 0.6 is 12.2 Å². The zero-order valence-corrected chi connectivity index (χ0v) is 10.2. The number of H-pyrrole nitrogens is 1. The SMILES string of the molecule is CCn1cc(C=Nn2c(C(F)F)n[nH]c2=S)cn1. The Bertz CT molecular complexity index is 611. The second-order valence-corrected chi connectivity index (χ2v) is 3.76. The zero-order chi connectivity index (χ0) is 13.1. The fraction of sp³-hybridized carbons (Fsp3) is 0.333. The lowest BCUT2D eigenvalue weighted by molar-refractivity contribution is 0.136. The summed E-state index contributed by atoms with van der Waals surface area (Å²) in [4.78, 5) is 0. The second kappa shape index (κ2) is 5.17. The van der Waals surface area contributed by atoms with Crippen molar-refractivity contribution in [1.82, 2.24) is 24.7 Å². The van der Waals surface area contributed by atoms with E-state index < -0.39 is 12.2 Å². The third-order valence-electron chi connectivity index (χ3n) is 2.17. The molecule has 9 heteroatoms. The Morgan fingerprint density at radius 1 is 1.61 bits per heavy atom. The van der Waals surface area contributed by atoms with Crippen molar-refractivity contribution in [3.05, 3.63) is 28.6 Å². The van der Waals surface area contributed by atoms with E-state index in [1.54, 1.807) is 17.1 Å². The summed E-state index contributed by atoms with van der Waals surface area (Å²) >= 11 is 4.81. The first-order valence-corrected chi connectivity index (χ1v) is 5.55. The number of nitrogens with one attached hydrogen (secondary N) is 1. The molecule has 0 aromatic carbocycles. The molecule has 0 bridgehead atoms. The van der Waals surface area contributed by atoms with Gasteiger partial charge < -0.3 is 0 Å². The molecule has 6 nitrogen and oxygen atoms in total. The quantitative estimate of drug-likeness (QED) is 0.683. The number of halogens is 2. The van der Waals surface area contributed by atoms with Gasteiger partial charge in [0.1, 0.15) is 0 Å². The average Bonchev–Trinajstić information content (AvgIpc) is 2.93. The van der Waals surface area contributed by atoms with Crippen molar-refractivity contribution in [1.29, 1.82) is 0 Å². The smallest absolute Gasteiger partial charge is 0.272 e. The van der Waals surface area contributed by atoms with Gasteiger partial charge in [-0.1, -0.05) is 0 Å². The molecule has 0 aliphatic rings. The molecule has 0 spiro atoms. The average molecular weight is 272 g/mol. The molecule has 2 heterocycles. The maximum Gasteiger partial charge on any atom is 0.299 e. The van der Waals surface area contributed by atoms with Crippen molar-refractivity contribution in [2.75, 3.05) is 0 Å². The first kappa shape index (κ1) is 12.6. The van der Waals surface area contributed by atoms with E-state index >= 15 is 0 Å². The first-order valence-electron chi connectivity index (χ1n) is 5.14. The van der Waals surface area contributed by atoms with Gasteiger partial charge in [0, 0.05) is 18.3 Å². The van der Waals surface area contributed by atoms with Gasteiger partial charge in [-0.3, -0.25) is 4.68 Å². The van der Waals surface area contributed by atoms with Crippen LogP contribution in [0.3, 0.4) is 0 Å². The molecule has 2 rings (SSSR count). The monoisotopic (exact) mass is 272 g/mol. The van der Waals surface area contributed by atoms with Crippen molar-refractivity contribution >= 4 is 18.4 Å². The molecular formula is C9H10F2N6S. The lowest BCUT2D eigenvalue weighted by Gasteiger charge is -1.97. The Morgan fingerprint density at radius 2 is 2.39 bits per heavy atom. The zero-order valence-electron chi connectivity index (χ0n) is 9.42. The van der Waals surface area contributed by atoms with Crippen LogP contribution in [0.4, 0.5) is 8.78 Å². The van der Waals surface area contributed by atoms with Crippen LogP contribution in [0.15, 0.2) is 17.5 Å². The Balaban J connectivity index is 2.28. The van der Waals surface area contributed by atoms with Crippen LogP contribution < -0.4 is 0 Å². The number of nitrogens with zero attached hydrogens (tertiary/aromatic N) is 5. The second-order valence-electron chi connectivity index (χ2n) is 3.37. The Labute approximate surface area is 106 Å². The van der Waals surface area contributed by atoms with Crippen LogP contribution in [0, 0.1) is 4.77 Å². The van der Waals surface area contributed by atoms with Crippen LogP contribution in [-0.4, -0.2) is 30.9 Å². The van der Waals surface area contributed by atoms with Gasteiger partial charge in [0.25, 0.3) is 6.43 Å². The third-order valence-corrected chi connectivity index (χ3v) is 2.43. The van der Waals surface area contributed by atoms with Crippen LogP contribution in [-0.2, 0) is 6.54 Å². The highest BCUT2D eigenvalue weighted by Crippen LogP contribution is 2.15. The van der Waals surface area contributed by atoms with Crippen molar-refractivity contribution in [3.63, 3.8) is 0 Å². The van der Waals surface area contributed by atoms with E-state index in [-0.39, 0.29) is 4.77 Å². The molecule has 0 radical (unpaired) electrons. The molecule has 0 aliphatic heterocycles. The highest BCUT2D eigenvalue weighted by Gasteiger charge is 2.15. The minimum Gasteiger partial charge on any atom is -0.272 e. The molecule has 0 fully saturated rings. The summed E-state index contributed by atoms with van der Waals surface area (Å²) in [5.41, 5.74) is 0.695. The predicted molar refractivity (Wildman–Crippen MR) is 63.3 cm³/mol. The highest BCUT2D eigenvalue weighted by molar-refractivity contribution is 7.71. The molecule has 96 valence electrons. The molecule has 2 aromatic heterocycles. The van der Waals surface area contributed by atoms with Gasteiger partial charge in [-0.2, -0.15) is 20.0 Å². The molecule has 0 saturated heterocycles. The van der Waals surface area contributed by atoms with Gasteiger partial charge in [0.15, 0.2) is 0 Å². The molecule has 0 amide bonds.